The number of hydrogen-bond acceptors (Lipinski definition) is 5. The van der Waals surface area contributed by atoms with E-state index in [4.69, 9.17) is 23.2 Å². The molecule has 1 saturated heterocycles. The standard InChI is InChI=1S/C16H19Cl2N5O2/c1-12-19-11-16(23(24)25)22(12)9-6-20-4-7-21(8-5-20)13-2-3-14(17)15(18)10-13/h2-3,10-11H,4-9H2,1H3. The van der Waals surface area contributed by atoms with Gasteiger partial charge in [-0.05, 0) is 23.1 Å². The first-order chi connectivity index (χ1) is 12.0. The maximum atomic E-state index is 11.0. The smallest absolute Gasteiger partial charge is 0.342 e. The van der Waals surface area contributed by atoms with Gasteiger partial charge in [-0.2, -0.15) is 0 Å². The highest BCUT2D eigenvalue weighted by Gasteiger charge is 2.21. The molecule has 1 aromatic heterocycles. The SMILES string of the molecule is Cc1ncc([N+](=O)[O-])n1CCN1CCN(c2ccc(Cl)c(Cl)c2)CC1. The van der Waals surface area contributed by atoms with E-state index >= 15 is 0 Å². The van der Waals surface area contributed by atoms with Crippen LogP contribution in [-0.4, -0.2) is 52.1 Å². The Balaban J connectivity index is 1.55. The molecule has 0 aliphatic carbocycles. The lowest BCUT2D eigenvalue weighted by Crippen LogP contribution is -2.47. The highest BCUT2D eigenvalue weighted by molar-refractivity contribution is 6.42. The normalized spacial score (nSPS) is 15.6. The summed E-state index contributed by atoms with van der Waals surface area (Å²) in [7, 11) is 0. The van der Waals surface area contributed by atoms with E-state index in [1.807, 2.05) is 18.2 Å². The van der Waals surface area contributed by atoms with E-state index in [1.165, 1.54) is 6.20 Å². The zero-order chi connectivity index (χ0) is 18.0. The molecule has 0 saturated carbocycles. The van der Waals surface area contributed by atoms with Crippen molar-refractivity contribution in [2.75, 3.05) is 37.6 Å². The molecule has 2 heterocycles. The molecule has 0 bridgehead atoms. The van der Waals surface area contributed by atoms with Crippen LogP contribution in [0.1, 0.15) is 5.82 Å². The molecule has 1 aliphatic rings. The van der Waals surface area contributed by atoms with Gasteiger partial charge in [-0.15, -0.1) is 0 Å². The van der Waals surface area contributed by atoms with Gasteiger partial charge in [0.2, 0.25) is 0 Å². The zero-order valence-corrected chi connectivity index (χ0v) is 15.4. The van der Waals surface area contributed by atoms with Gasteiger partial charge in [-0.25, -0.2) is 9.55 Å². The zero-order valence-electron chi connectivity index (χ0n) is 13.9. The molecule has 0 radical (unpaired) electrons. The van der Waals surface area contributed by atoms with Crippen LogP contribution in [-0.2, 0) is 6.54 Å². The van der Waals surface area contributed by atoms with E-state index in [2.05, 4.69) is 14.8 Å². The topological polar surface area (TPSA) is 67.4 Å². The highest BCUT2D eigenvalue weighted by Crippen LogP contribution is 2.27. The molecule has 7 nitrogen and oxygen atoms in total. The second kappa shape index (κ2) is 7.59. The first kappa shape index (κ1) is 18.0. The van der Waals surface area contributed by atoms with Crippen molar-refractivity contribution in [1.29, 1.82) is 0 Å². The van der Waals surface area contributed by atoms with Crippen LogP contribution in [0, 0.1) is 17.0 Å². The third kappa shape index (κ3) is 4.05. The van der Waals surface area contributed by atoms with E-state index in [0.29, 0.717) is 22.4 Å². The summed E-state index contributed by atoms with van der Waals surface area (Å²) in [6, 6.07) is 5.67. The van der Waals surface area contributed by atoms with Crippen LogP contribution in [0.5, 0.6) is 0 Å². The number of nitrogens with zero attached hydrogens (tertiary/aromatic N) is 5. The number of nitro groups is 1. The Morgan fingerprint density at radius 3 is 2.52 bits per heavy atom. The van der Waals surface area contributed by atoms with E-state index in [1.54, 1.807) is 11.5 Å². The first-order valence-electron chi connectivity index (χ1n) is 8.04. The molecule has 25 heavy (non-hydrogen) atoms. The number of benzene rings is 1. The minimum absolute atomic E-state index is 0.0481. The Labute approximate surface area is 155 Å². The number of imidazole rings is 1. The van der Waals surface area contributed by atoms with Crippen molar-refractivity contribution in [3.8, 4) is 0 Å². The Kier molecular flexibility index (Phi) is 5.46. The lowest BCUT2D eigenvalue weighted by atomic mass is 10.2. The van der Waals surface area contributed by atoms with Gasteiger partial charge in [-0.3, -0.25) is 4.90 Å². The fourth-order valence-corrected chi connectivity index (χ4v) is 3.32. The fourth-order valence-electron chi connectivity index (χ4n) is 3.03. The predicted molar refractivity (Wildman–Crippen MR) is 98.7 cm³/mol. The molecule has 2 aromatic rings. The van der Waals surface area contributed by atoms with Crippen molar-refractivity contribution >= 4 is 34.7 Å². The van der Waals surface area contributed by atoms with Crippen LogP contribution in [0.4, 0.5) is 11.5 Å². The number of halogens is 2. The number of aromatic nitrogens is 2. The fraction of sp³-hybridized carbons (Fsp3) is 0.438. The minimum Gasteiger partial charge on any atom is -0.369 e. The maximum Gasteiger partial charge on any atom is 0.342 e. The Hall–Kier alpha value is -1.83. The second-order valence-electron chi connectivity index (χ2n) is 6.00. The number of rotatable bonds is 5. The molecule has 3 rings (SSSR count). The van der Waals surface area contributed by atoms with Gasteiger partial charge in [0.15, 0.2) is 5.82 Å². The third-order valence-corrected chi connectivity index (χ3v) is 5.24. The summed E-state index contributed by atoms with van der Waals surface area (Å²) >= 11 is 12.1. The van der Waals surface area contributed by atoms with Crippen molar-refractivity contribution in [2.45, 2.75) is 13.5 Å². The molecular weight excluding hydrogens is 365 g/mol. The second-order valence-corrected chi connectivity index (χ2v) is 6.81. The number of anilines is 1. The first-order valence-corrected chi connectivity index (χ1v) is 8.80. The quantitative estimate of drug-likeness (QED) is 0.585. The Bertz CT molecular complexity index is 772. The molecule has 9 heteroatoms. The van der Waals surface area contributed by atoms with Gasteiger partial charge in [0, 0.05) is 45.3 Å². The molecule has 1 aromatic carbocycles. The predicted octanol–water partition coefficient (Wildman–Crippen LogP) is 3.23. The van der Waals surface area contributed by atoms with E-state index in [0.717, 1.165) is 38.4 Å². The van der Waals surface area contributed by atoms with E-state index < -0.39 is 0 Å². The van der Waals surface area contributed by atoms with Gasteiger partial charge in [0.1, 0.15) is 12.7 Å². The largest absolute Gasteiger partial charge is 0.369 e. The van der Waals surface area contributed by atoms with E-state index in [-0.39, 0.29) is 10.7 Å². The Morgan fingerprint density at radius 1 is 1.16 bits per heavy atom. The summed E-state index contributed by atoms with van der Waals surface area (Å²) in [6.07, 6.45) is 1.32. The Morgan fingerprint density at radius 2 is 1.88 bits per heavy atom. The van der Waals surface area contributed by atoms with E-state index in [9.17, 15) is 10.1 Å². The summed E-state index contributed by atoms with van der Waals surface area (Å²) in [6.45, 7) is 6.65. The molecule has 0 atom stereocenters. The van der Waals surface area contributed by atoms with Crippen molar-refractivity contribution in [2.24, 2.45) is 0 Å². The summed E-state index contributed by atoms with van der Waals surface area (Å²) in [5.41, 5.74) is 1.06. The molecular formula is C16H19Cl2N5O2. The number of piperazine rings is 1. The van der Waals surface area contributed by atoms with Crippen molar-refractivity contribution < 1.29 is 4.92 Å². The third-order valence-electron chi connectivity index (χ3n) is 4.50. The highest BCUT2D eigenvalue weighted by atomic mass is 35.5. The molecule has 0 spiro atoms. The lowest BCUT2D eigenvalue weighted by Gasteiger charge is -2.36. The minimum atomic E-state index is -0.387. The van der Waals surface area contributed by atoms with Crippen LogP contribution < -0.4 is 4.90 Å². The van der Waals surface area contributed by atoms with Crippen LogP contribution in [0.15, 0.2) is 24.4 Å². The van der Waals surface area contributed by atoms with Crippen LogP contribution in [0.2, 0.25) is 10.0 Å². The average Bonchev–Trinajstić information content (AvgIpc) is 2.97. The van der Waals surface area contributed by atoms with Crippen molar-refractivity contribution in [3.63, 3.8) is 0 Å². The molecule has 0 unspecified atom stereocenters. The van der Waals surface area contributed by atoms with Gasteiger partial charge in [-0.1, -0.05) is 23.2 Å². The maximum absolute atomic E-state index is 11.0. The van der Waals surface area contributed by atoms with Crippen LogP contribution >= 0.6 is 23.2 Å². The summed E-state index contributed by atoms with van der Waals surface area (Å²) in [4.78, 5) is 19.3. The number of aryl methyl sites for hydroxylation is 1. The lowest BCUT2D eigenvalue weighted by molar-refractivity contribution is -0.392. The number of hydrogen-bond donors (Lipinski definition) is 0. The molecule has 1 fully saturated rings. The summed E-state index contributed by atoms with van der Waals surface area (Å²) < 4.78 is 1.66. The average molecular weight is 384 g/mol. The van der Waals surface area contributed by atoms with Crippen LogP contribution in [0.3, 0.4) is 0 Å². The monoisotopic (exact) mass is 383 g/mol. The summed E-state index contributed by atoms with van der Waals surface area (Å²) in [5, 5.41) is 12.2. The summed E-state index contributed by atoms with van der Waals surface area (Å²) in [5.74, 6) is 0.716. The van der Waals surface area contributed by atoms with Gasteiger partial charge in [0.25, 0.3) is 0 Å². The molecule has 0 N–H and O–H groups in total. The molecule has 1 aliphatic heterocycles. The molecule has 0 amide bonds. The van der Waals surface area contributed by atoms with Gasteiger partial charge >= 0.3 is 5.82 Å². The van der Waals surface area contributed by atoms with Crippen LogP contribution in [0.25, 0.3) is 0 Å². The molecule has 134 valence electrons. The van der Waals surface area contributed by atoms with Crippen molar-refractivity contribution in [3.05, 3.63) is 50.4 Å². The van der Waals surface area contributed by atoms with Gasteiger partial charge in [0.05, 0.1) is 10.0 Å². The van der Waals surface area contributed by atoms with Crippen molar-refractivity contribution in [1.82, 2.24) is 14.5 Å². The van der Waals surface area contributed by atoms with Gasteiger partial charge < -0.3 is 15.0 Å².